The van der Waals surface area contributed by atoms with Crippen molar-refractivity contribution in [3.05, 3.63) is 98.5 Å². The molecule has 0 saturated carbocycles. The van der Waals surface area contributed by atoms with Crippen LogP contribution in [0.25, 0.3) is 6.08 Å². The molecule has 0 radical (unpaired) electrons. The lowest BCUT2D eigenvalue weighted by Gasteiger charge is -2.26. The Morgan fingerprint density at radius 3 is 2.48 bits per heavy atom. The molecule has 3 aromatic carbocycles. The summed E-state index contributed by atoms with van der Waals surface area (Å²) in [6, 6.07) is 18.9. The maximum Gasteiger partial charge on any atom is 0.335 e. The van der Waals surface area contributed by atoms with Gasteiger partial charge in [-0.05, 0) is 60.0 Å². The lowest BCUT2D eigenvalue weighted by atomic mass is 10.1. The number of urea groups is 1. The highest BCUT2D eigenvalue weighted by Gasteiger charge is 2.36. The van der Waals surface area contributed by atoms with Crippen LogP contribution in [-0.4, -0.2) is 17.8 Å². The summed E-state index contributed by atoms with van der Waals surface area (Å²) in [5, 5.41) is 2.55. The van der Waals surface area contributed by atoms with Crippen LogP contribution in [0.2, 0.25) is 5.02 Å². The molecular formula is C25H18BrClN2O4. The summed E-state index contributed by atoms with van der Waals surface area (Å²) < 4.78 is 6.60. The van der Waals surface area contributed by atoms with Gasteiger partial charge in [-0.3, -0.25) is 14.9 Å². The lowest BCUT2D eigenvalue weighted by molar-refractivity contribution is -0.122. The number of rotatable bonds is 5. The fourth-order valence-electron chi connectivity index (χ4n) is 3.29. The maximum atomic E-state index is 13.1. The molecule has 0 unspecified atom stereocenters. The van der Waals surface area contributed by atoms with Crippen molar-refractivity contribution in [3.8, 4) is 5.75 Å². The Hall–Kier alpha value is -3.42. The van der Waals surface area contributed by atoms with E-state index in [0.29, 0.717) is 28.6 Å². The summed E-state index contributed by atoms with van der Waals surface area (Å²) in [6.07, 6.45) is 1.40. The molecule has 0 aromatic heterocycles. The smallest absolute Gasteiger partial charge is 0.335 e. The molecule has 166 valence electrons. The van der Waals surface area contributed by atoms with Gasteiger partial charge in [-0.25, -0.2) is 9.69 Å². The third kappa shape index (κ3) is 4.99. The zero-order chi connectivity index (χ0) is 23.5. The standard InChI is InChI=1S/C25H18BrClN2O4/c1-15-11-18(8-9-20(15)26)29-24(31)19(23(30)28-25(29)32)12-17-7-10-22(21(27)13-17)33-14-16-5-3-2-4-6-16/h2-13H,14H2,1H3,(H,28,30,32)/b19-12-. The van der Waals surface area contributed by atoms with Crippen molar-refractivity contribution in [1.29, 1.82) is 0 Å². The van der Waals surface area contributed by atoms with Crippen LogP contribution in [-0.2, 0) is 16.2 Å². The fourth-order valence-corrected chi connectivity index (χ4v) is 3.78. The van der Waals surface area contributed by atoms with Crippen LogP contribution in [0.3, 0.4) is 0 Å². The van der Waals surface area contributed by atoms with E-state index in [1.807, 2.05) is 37.3 Å². The number of hydrogen-bond donors (Lipinski definition) is 1. The monoisotopic (exact) mass is 524 g/mol. The number of barbiturate groups is 1. The number of aryl methyl sites for hydroxylation is 1. The van der Waals surface area contributed by atoms with Gasteiger partial charge in [0.2, 0.25) is 0 Å². The number of amides is 4. The van der Waals surface area contributed by atoms with Crippen LogP contribution < -0.4 is 15.0 Å². The second-order valence-corrected chi connectivity index (χ2v) is 8.62. The topological polar surface area (TPSA) is 75.7 Å². The van der Waals surface area contributed by atoms with Crippen LogP contribution in [0.1, 0.15) is 16.7 Å². The lowest BCUT2D eigenvalue weighted by Crippen LogP contribution is -2.54. The van der Waals surface area contributed by atoms with Gasteiger partial charge in [-0.1, -0.05) is 63.9 Å². The number of ether oxygens (including phenoxy) is 1. The molecule has 0 bridgehead atoms. The molecular weight excluding hydrogens is 508 g/mol. The molecule has 1 saturated heterocycles. The van der Waals surface area contributed by atoms with Crippen LogP contribution in [0.5, 0.6) is 5.75 Å². The Morgan fingerprint density at radius 2 is 1.79 bits per heavy atom. The number of nitrogens with zero attached hydrogens (tertiary/aromatic N) is 1. The first-order valence-corrected chi connectivity index (χ1v) is 11.1. The van der Waals surface area contributed by atoms with E-state index in [4.69, 9.17) is 16.3 Å². The zero-order valence-electron chi connectivity index (χ0n) is 17.5. The molecule has 1 fully saturated rings. The van der Waals surface area contributed by atoms with Crippen molar-refractivity contribution < 1.29 is 19.1 Å². The Balaban J connectivity index is 1.58. The van der Waals surface area contributed by atoms with Crippen molar-refractivity contribution in [2.45, 2.75) is 13.5 Å². The number of hydrogen-bond acceptors (Lipinski definition) is 4. The molecule has 1 aliphatic heterocycles. The molecule has 6 nitrogen and oxygen atoms in total. The van der Waals surface area contributed by atoms with E-state index in [1.165, 1.54) is 6.08 Å². The van der Waals surface area contributed by atoms with Crippen molar-refractivity contribution >= 4 is 57.1 Å². The van der Waals surface area contributed by atoms with Gasteiger partial charge in [-0.15, -0.1) is 0 Å². The Kier molecular flexibility index (Phi) is 6.62. The maximum absolute atomic E-state index is 13.1. The average Bonchev–Trinajstić information content (AvgIpc) is 2.79. The first kappa shape index (κ1) is 22.8. The largest absolute Gasteiger partial charge is 0.487 e. The van der Waals surface area contributed by atoms with Gasteiger partial charge in [-0.2, -0.15) is 0 Å². The molecule has 0 atom stereocenters. The summed E-state index contributed by atoms with van der Waals surface area (Å²) in [6.45, 7) is 2.19. The van der Waals surface area contributed by atoms with E-state index >= 15 is 0 Å². The highest BCUT2D eigenvalue weighted by molar-refractivity contribution is 9.10. The van der Waals surface area contributed by atoms with Gasteiger partial charge >= 0.3 is 6.03 Å². The van der Waals surface area contributed by atoms with Gasteiger partial charge in [0.1, 0.15) is 17.9 Å². The van der Waals surface area contributed by atoms with E-state index in [9.17, 15) is 14.4 Å². The minimum atomic E-state index is -0.799. The highest BCUT2D eigenvalue weighted by Crippen LogP contribution is 2.29. The molecule has 1 N–H and O–H groups in total. The van der Waals surface area contributed by atoms with E-state index in [1.54, 1.807) is 36.4 Å². The highest BCUT2D eigenvalue weighted by atomic mass is 79.9. The van der Waals surface area contributed by atoms with Crippen LogP contribution in [0.4, 0.5) is 10.5 Å². The fraction of sp³-hybridized carbons (Fsp3) is 0.0800. The van der Waals surface area contributed by atoms with Gasteiger partial charge in [0.25, 0.3) is 11.8 Å². The molecule has 4 amide bonds. The SMILES string of the molecule is Cc1cc(N2C(=O)NC(=O)/C(=C/c3ccc(OCc4ccccc4)c(Cl)c3)C2=O)ccc1Br. The van der Waals surface area contributed by atoms with Crippen molar-refractivity contribution in [3.63, 3.8) is 0 Å². The van der Waals surface area contributed by atoms with Gasteiger partial charge in [0.15, 0.2) is 0 Å². The number of benzene rings is 3. The summed E-state index contributed by atoms with van der Waals surface area (Å²) >= 11 is 9.75. The Labute approximate surface area is 203 Å². The number of imide groups is 2. The summed E-state index contributed by atoms with van der Waals surface area (Å²) in [5.74, 6) is -1.01. The number of carbonyl (C=O) groups is 3. The van der Waals surface area contributed by atoms with E-state index < -0.39 is 17.8 Å². The van der Waals surface area contributed by atoms with Crippen LogP contribution in [0.15, 0.2) is 76.8 Å². The molecule has 8 heteroatoms. The van der Waals surface area contributed by atoms with Crippen LogP contribution in [0, 0.1) is 6.92 Å². The minimum Gasteiger partial charge on any atom is -0.487 e. The van der Waals surface area contributed by atoms with E-state index in [2.05, 4.69) is 21.2 Å². The quantitative estimate of drug-likeness (QED) is 0.345. The van der Waals surface area contributed by atoms with Gasteiger partial charge < -0.3 is 4.74 Å². The summed E-state index contributed by atoms with van der Waals surface area (Å²) in [4.78, 5) is 38.8. The van der Waals surface area contributed by atoms with Crippen molar-refractivity contribution in [1.82, 2.24) is 5.32 Å². The molecule has 3 aromatic rings. The number of carbonyl (C=O) groups excluding carboxylic acids is 3. The van der Waals surface area contributed by atoms with E-state index in [-0.39, 0.29) is 5.57 Å². The zero-order valence-corrected chi connectivity index (χ0v) is 19.8. The number of anilines is 1. The second-order valence-electron chi connectivity index (χ2n) is 7.36. The minimum absolute atomic E-state index is 0.177. The van der Waals surface area contributed by atoms with E-state index in [0.717, 1.165) is 20.5 Å². The third-order valence-corrected chi connectivity index (χ3v) is 6.19. The molecule has 4 rings (SSSR count). The Morgan fingerprint density at radius 1 is 1.03 bits per heavy atom. The normalized spacial score (nSPS) is 15.1. The Bertz CT molecular complexity index is 1290. The molecule has 33 heavy (non-hydrogen) atoms. The summed E-state index contributed by atoms with van der Waals surface area (Å²) in [7, 11) is 0. The van der Waals surface area contributed by atoms with Crippen molar-refractivity contribution in [2.75, 3.05) is 4.90 Å². The van der Waals surface area contributed by atoms with Crippen molar-refractivity contribution in [2.24, 2.45) is 0 Å². The number of halogens is 2. The predicted octanol–water partition coefficient (Wildman–Crippen LogP) is 5.66. The third-order valence-electron chi connectivity index (χ3n) is 5.01. The first-order valence-electron chi connectivity index (χ1n) is 9.97. The van der Waals surface area contributed by atoms with Crippen LogP contribution >= 0.6 is 27.5 Å². The molecule has 0 spiro atoms. The number of nitrogens with one attached hydrogen (secondary N) is 1. The predicted molar refractivity (Wildman–Crippen MR) is 130 cm³/mol. The second kappa shape index (κ2) is 9.60. The molecule has 1 aliphatic rings. The van der Waals surface area contributed by atoms with Gasteiger partial charge in [0.05, 0.1) is 10.7 Å². The molecule has 0 aliphatic carbocycles. The summed E-state index contributed by atoms with van der Waals surface area (Å²) in [5.41, 5.74) is 2.54. The molecule has 1 heterocycles. The average molecular weight is 526 g/mol. The van der Waals surface area contributed by atoms with Gasteiger partial charge in [0, 0.05) is 4.47 Å². The first-order chi connectivity index (χ1) is 15.8.